The Morgan fingerprint density at radius 1 is 1.29 bits per heavy atom. The van der Waals surface area contributed by atoms with E-state index in [9.17, 15) is 14.9 Å². The van der Waals surface area contributed by atoms with E-state index in [2.05, 4.69) is 0 Å². The lowest BCUT2D eigenvalue weighted by atomic mass is 10.1. The van der Waals surface area contributed by atoms with Crippen LogP contribution >= 0.6 is 0 Å². The third-order valence-corrected chi connectivity index (χ3v) is 3.05. The highest BCUT2D eigenvalue weighted by Crippen LogP contribution is 2.32. The quantitative estimate of drug-likeness (QED) is 0.580. The Morgan fingerprint density at radius 3 is 2.53 bits per heavy atom. The Balaban J connectivity index is 2.36. The summed E-state index contributed by atoms with van der Waals surface area (Å²) in [7, 11) is 0. The first kappa shape index (κ1) is 11.6. The summed E-state index contributed by atoms with van der Waals surface area (Å²) in [5.41, 5.74) is 1.66. The fourth-order valence-corrected chi connectivity index (χ4v) is 2.18. The van der Waals surface area contributed by atoms with Crippen molar-refractivity contribution in [3.63, 3.8) is 0 Å². The molecule has 17 heavy (non-hydrogen) atoms. The molecule has 0 aromatic heterocycles. The molecule has 1 aromatic rings. The topological polar surface area (TPSA) is 63.5 Å². The first-order chi connectivity index (χ1) is 8.09. The average Bonchev–Trinajstić information content (AvgIpc) is 2.30. The van der Waals surface area contributed by atoms with Crippen LogP contribution in [0.1, 0.15) is 18.4 Å². The molecule has 1 saturated heterocycles. The van der Waals surface area contributed by atoms with Gasteiger partial charge in [-0.15, -0.1) is 0 Å². The van der Waals surface area contributed by atoms with Crippen molar-refractivity contribution in [2.24, 2.45) is 0 Å². The number of hydrogen-bond acceptors (Lipinski definition) is 4. The highest BCUT2D eigenvalue weighted by atomic mass is 16.6. The molecule has 1 aromatic carbocycles. The second-order valence-electron chi connectivity index (χ2n) is 4.23. The number of piperidine rings is 1. The van der Waals surface area contributed by atoms with Gasteiger partial charge >= 0.3 is 0 Å². The van der Waals surface area contributed by atoms with Crippen molar-refractivity contribution in [2.45, 2.75) is 19.8 Å². The molecule has 5 heteroatoms. The van der Waals surface area contributed by atoms with Gasteiger partial charge < -0.3 is 4.90 Å². The van der Waals surface area contributed by atoms with Gasteiger partial charge in [-0.3, -0.25) is 14.9 Å². The van der Waals surface area contributed by atoms with Gasteiger partial charge in [-0.1, -0.05) is 12.1 Å². The number of nitrogens with zero attached hydrogens (tertiary/aromatic N) is 2. The molecule has 0 aliphatic carbocycles. The second-order valence-corrected chi connectivity index (χ2v) is 4.23. The van der Waals surface area contributed by atoms with E-state index in [0.29, 0.717) is 31.6 Å². The first-order valence-corrected chi connectivity index (χ1v) is 5.60. The van der Waals surface area contributed by atoms with Gasteiger partial charge in [0, 0.05) is 32.0 Å². The number of rotatable bonds is 2. The van der Waals surface area contributed by atoms with Crippen molar-refractivity contribution in [3.8, 4) is 0 Å². The van der Waals surface area contributed by atoms with Crippen LogP contribution in [0.5, 0.6) is 0 Å². The van der Waals surface area contributed by atoms with Crippen molar-refractivity contribution in [2.75, 3.05) is 18.0 Å². The third kappa shape index (κ3) is 2.27. The van der Waals surface area contributed by atoms with Gasteiger partial charge in [-0.2, -0.15) is 0 Å². The van der Waals surface area contributed by atoms with Gasteiger partial charge in [-0.25, -0.2) is 0 Å². The van der Waals surface area contributed by atoms with Crippen molar-refractivity contribution < 1.29 is 9.72 Å². The number of carbonyl (C=O) groups is 1. The maximum Gasteiger partial charge on any atom is 0.292 e. The fourth-order valence-electron chi connectivity index (χ4n) is 2.18. The lowest BCUT2D eigenvalue weighted by Crippen LogP contribution is -2.34. The van der Waals surface area contributed by atoms with Gasteiger partial charge in [0.25, 0.3) is 5.69 Å². The molecule has 0 radical (unpaired) electrons. The van der Waals surface area contributed by atoms with Crippen molar-refractivity contribution in [1.82, 2.24) is 0 Å². The molecule has 0 N–H and O–H groups in total. The van der Waals surface area contributed by atoms with E-state index in [0.717, 1.165) is 5.56 Å². The molecule has 1 heterocycles. The highest BCUT2D eigenvalue weighted by molar-refractivity contribution is 5.82. The van der Waals surface area contributed by atoms with E-state index in [1.54, 1.807) is 6.07 Å². The summed E-state index contributed by atoms with van der Waals surface area (Å²) >= 11 is 0. The van der Waals surface area contributed by atoms with Gasteiger partial charge in [0.1, 0.15) is 11.5 Å². The first-order valence-electron chi connectivity index (χ1n) is 5.60. The summed E-state index contributed by atoms with van der Waals surface area (Å²) < 4.78 is 0. The van der Waals surface area contributed by atoms with Crippen LogP contribution in [0.15, 0.2) is 18.2 Å². The number of Topliss-reactive ketones (excluding diaryl/α,β-unsaturated/α-hetero) is 1. The van der Waals surface area contributed by atoms with E-state index in [1.165, 1.54) is 6.07 Å². The zero-order chi connectivity index (χ0) is 12.4. The summed E-state index contributed by atoms with van der Waals surface area (Å²) in [6, 6.07) is 5.06. The minimum absolute atomic E-state index is 0.124. The predicted octanol–water partition coefficient (Wildman–Crippen LogP) is 2.07. The molecule has 0 amide bonds. The number of aryl methyl sites for hydroxylation is 1. The van der Waals surface area contributed by atoms with Gasteiger partial charge in [0.15, 0.2) is 0 Å². The van der Waals surface area contributed by atoms with Crippen molar-refractivity contribution >= 4 is 17.2 Å². The van der Waals surface area contributed by atoms with Crippen LogP contribution in [-0.4, -0.2) is 23.8 Å². The number of carbonyl (C=O) groups excluding carboxylic acids is 1. The van der Waals surface area contributed by atoms with Crippen molar-refractivity contribution in [1.29, 1.82) is 0 Å². The molecule has 0 bridgehead atoms. The van der Waals surface area contributed by atoms with Crippen LogP contribution in [0.3, 0.4) is 0 Å². The maximum absolute atomic E-state index is 11.2. The molecule has 90 valence electrons. The van der Waals surface area contributed by atoms with Crippen LogP contribution in [0.4, 0.5) is 11.4 Å². The van der Waals surface area contributed by atoms with Crippen molar-refractivity contribution in [3.05, 3.63) is 33.9 Å². The third-order valence-electron chi connectivity index (χ3n) is 3.05. The SMILES string of the molecule is Cc1cccc([N+](=O)[O-])c1N1CCC(=O)CC1. The summed E-state index contributed by atoms with van der Waals surface area (Å²) in [6.45, 7) is 3.01. The largest absolute Gasteiger partial charge is 0.365 e. The maximum atomic E-state index is 11.2. The number of hydrogen-bond donors (Lipinski definition) is 0. The number of nitro benzene ring substituents is 1. The lowest BCUT2D eigenvalue weighted by molar-refractivity contribution is -0.384. The summed E-state index contributed by atoms with van der Waals surface area (Å²) in [4.78, 5) is 23.8. The van der Waals surface area contributed by atoms with E-state index in [1.807, 2.05) is 17.9 Å². The lowest BCUT2D eigenvalue weighted by Gasteiger charge is -2.28. The number of anilines is 1. The number of nitro groups is 1. The average molecular weight is 234 g/mol. The summed E-state index contributed by atoms with van der Waals surface area (Å²) in [5.74, 6) is 0.234. The van der Waals surface area contributed by atoms with Gasteiger partial charge in [-0.05, 0) is 12.5 Å². The van der Waals surface area contributed by atoms with Gasteiger partial charge in [0.05, 0.1) is 4.92 Å². The zero-order valence-electron chi connectivity index (χ0n) is 9.68. The monoisotopic (exact) mass is 234 g/mol. The van der Waals surface area contributed by atoms with E-state index < -0.39 is 0 Å². The Hall–Kier alpha value is -1.91. The number of benzene rings is 1. The number of para-hydroxylation sites is 1. The Labute approximate surface area is 99.2 Å². The molecule has 1 aliphatic rings. The van der Waals surface area contributed by atoms with Crippen LogP contribution in [0.25, 0.3) is 0 Å². The van der Waals surface area contributed by atoms with Crippen LogP contribution in [0, 0.1) is 17.0 Å². The summed E-state index contributed by atoms with van der Waals surface area (Å²) in [6.07, 6.45) is 0.955. The molecular formula is C12H14N2O3. The Kier molecular flexibility index (Phi) is 3.08. The molecule has 2 rings (SSSR count). The normalized spacial score (nSPS) is 16.1. The van der Waals surface area contributed by atoms with Crippen LogP contribution in [-0.2, 0) is 4.79 Å². The highest BCUT2D eigenvalue weighted by Gasteiger charge is 2.24. The molecule has 1 fully saturated rings. The fraction of sp³-hybridized carbons (Fsp3) is 0.417. The minimum Gasteiger partial charge on any atom is -0.365 e. The Bertz CT molecular complexity index is 461. The molecular weight excluding hydrogens is 220 g/mol. The smallest absolute Gasteiger partial charge is 0.292 e. The molecule has 5 nitrogen and oxygen atoms in total. The van der Waals surface area contributed by atoms with Gasteiger partial charge in [0.2, 0.25) is 0 Å². The molecule has 0 saturated carbocycles. The Morgan fingerprint density at radius 2 is 1.94 bits per heavy atom. The zero-order valence-corrected chi connectivity index (χ0v) is 9.68. The van der Waals surface area contributed by atoms with Crippen LogP contribution < -0.4 is 4.90 Å². The molecule has 1 aliphatic heterocycles. The molecule has 0 atom stereocenters. The second kappa shape index (κ2) is 4.53. The molecule has 0 unspecified atom stereocenters. The standard InChI is InChI=1S/C12H14N2O3/c1-9-3-2-4-11(14(16)17)12(9)13-7-5-10(15)6-8-13/h2-4H,5-8H2,1H3. The minimum atomic E-state index is -0.362. The molecule has 0 spiro atoms. The van der Waals surface area contributed by atoms with E-state index >= 15 is 0 Å². The summed E-state index contributed by atoms with van der Waals surface area (Å²) in [5, 5.41) is 11.0. The van der Waals surface area contributed by atoms with Crippen LogP contribution in [0.2, 0.25) is 0 Å². The number of ketones is 1. The van der Waals surface area contributed by atoms with E-state index in [4.69, 9.17) is 0 Å². The predicted molar refractivity (Wildman–Crippen MR) is 64.3 cm³/mol. The van der Waals surface area contributed by atoms with E-state index in [-0.39, 0.29) is 16.4 Å².